The van der Waals surface area contributed by atoms with Crippen molar-refractivity contribution in [3.05, 3.63) is 29.8 Å². The number of hydrogen-bond donors (Lipinski definition) is 2. The Morgan fingerprint density at radius 3 is 2.53 bits per heavy atom. The van der Waals surface area contributed by atoms with E-state index in [1.807, 2.05) is 0 Å². The Balaban J connectivity index is 1.55. The maximum absolute atomic E-state index is 12.7. The lowest BCUT2D eigenvalue weighted by atomic mass is 9.97. The summed E-state index contributed by atoms with van der Waals surface area (Å²) in [5, 5.41) is 12.0. The van der Waals surface area contributed by atoms with Crippen LogP contribution < -0.4 is 5.32 Å². The van der Waals surface area contributed by atoms with Crippen LogP contribution in [0.2, 0.25) is 0 Å². The zero-order valence-corrected chi connectivity index (χ0v) is 17.3. The molecule has 2 aliphatic heterocycles. The van der Waals surface area contributed by atoms with Crippen LogP contribution in [0.5, 0.6) is 0 Å². The van der Waals surface area contributed by atoms with Gasteiger partial charge in [-0.3, -0.25) is 19.2 Å². The topological polar surface area (TPSA) is 107 Å². The van der Waals surface area contributed by atoms with Crippen LogP contribution in [-0.2, 0) is 14.4 Å². The van der Waals surface area contributed by atoms with Crippen molar-refractivity contribution in [1.82, 2.24) is 9.80 Å². The second-order valence-electron chi connectivity index (χ2n) is 8.09. The van der Waals surface area contributed by atoms with Crippen molar-refractivity contribution in [2.75, 3.05) is 31.5 Å². The molecule has 2 N–H and O–H groups in total. The van der Waals surface area contributed by atoms with Gasteiger partial charge in [-0.15, -0.1) is 0 Å². The molecule has 0 saturated carbocycles. The van der Waals surface area contributed by atoms with Gasteiger partial charge in [-0.2, -0.15) is 0 Å². The highest BCUT2D eigenvalue weighted by Crippen LogP contribution is 2.22. The summed E-state index contributed by atoms with van der Waals surface area (Å²) in [5.41, 5.74) is 1.03. The van der Waals surface area contributed by atoms with Gasteiger partial charge in [-0.1, -0.05) is 13.3 Å². The van der Waals surface area contributed by atoms with E-state index in [9.17, 15) is 24.3 Å². The fraction of sp³-hybridized carbons (Fsp3) is 0.545. The third-order valence-electron chi connectivity index (χ3n) is 5.82. The van der Waals surface area contributed by atoms with Crippen molar-refractivity contribution < 1.29 is 24.3 Å². The van der Waals surface area contributed by atoms with Crippen molar-refractivity contribution in [2.45, 2.75) is 39.0 Å². The first-order valence-electron chi connectivity index (χ1n) is 10.6. The molecule has 8 heteroatoms. The number of amides is 3. The van der Waals surface area contributed by atoms with E-state index in [1.54, 1.807) is 34.1 Å². The Morgan fingerprint density at radius 1 is 1.13 bits per heavy atom. The lowest BCUT2D eigenvalue weighted by Crippen LogP contribution is -2.42. The van der Waals surface area contributed by atoms with Gasteiger partial charge in [0.05, 0.1) is 11.8 Å². The highest BCUT2D eigenvalue weighted by molar-refractivity contribution is 5.98. The molecule has 2 aliphatic rings. The molecule has 30 heavy (non-hydrogen) atoms. The third kappa shape index (κ3) is 5.17. The lowest BCUT2D eigenvalue weighted by Gasteiger charge is -2.30. The Hall–Kier alpha value is -2.90. The molecule has 0 radical (unpaired) electrons. The molecule has 2 fully saturated rings. The summed E-state index contributed by atoms with van der Waals surface area (Å²) >= 11 is 0. The van der Waals surface area contributed by atoms with Crippen LogP contribution in [0.3, 0.4) is 0 Å². The van der Waals surface area contributed by atoms with Crippen LogP contribution in [0, 0.1) is 11.8 Å². The predicted octanol–water partition coefficient (Wildman–Crippen LogP) is 2.21. The minimum absolute atomic E-state index is 0.0192. The third-order valence-corrected chi connectivity index (χ3v) is 5.82. The number of anilines is 1. The molecule has 1 aromatic carbocycles. The molecule has 162 valence electrons. The minimum atomic E-state index is -0.871. The highest BCUT2D eigenvalue weighted by Gasteiger charge is 2.34. The zero-order valence-electron chi connectivity index (χ0n) is 17.3. The summed E-state index contributed by atoms with van der Waals surface area (Å²) in [7, 11) is 0. The van der Waals surface area contributed by atoms with Crippen LogP contribution in [0.25, 0.3) is 0 Å². The van der Waals surface area contributed by atoms with Crippen molar-refractivity contribution in [3.63, 3.8) is 0 Å². The van der Waals surface area contributed by atoms with Crippen LogP contribution >= 0.6 is 0 Å². The van der Waals surface area contributed by atoms with E-state index in [0.717, 1.165) is 12.8 Å². The molecule has 2 saturated heterocycles. The van der Waals surface area contributed by atoms with Gasteiger partial charge in [0.2, 0.25) is 11.8 Å². The molecule has 2 unspecified atom stereocenters. The van der Waals surface area contributed by atoms with Crippen LogP contribution in [0.15, 0.2) is 24.3 Å². The van der Waals surface area contributed by atoms with Crippen molar-refractivity contribution in [1.29, 1.82) is 0 Å². The van der Waals surface area contributed by atoms with Gasteiger partial charge in [0.25, 0.3) is 5.91 Å². The highest BCUT2D eigenvalue weighted by atomic mass is 16.4. The molecular formula is C22H29N3O5. The number of piperidine rings is 1. The Bertz CT molecular complexity index is 807. The second kappa shape index (κ2) is 9.73. The number of carboxylic acids is 1. The molecule has 0 aromatic heterocycles. The standard InChI is InChI=1S/C22H29N3O5/c1-2-3-10-24-14-17(12-19(24)26)20(27)23-18-8-6-15(7-9-18)21(28)25-11-4-5-16(13-25)22(29)30/h6-9,16-17H,2-5,10-14H2,1H3,(H,23,27)(H,29,30). The number of carbonyl (C=O) groups excluding carboxylic acids is 3. The number of aliphatic carboxylic acids is 1. The normalized spacial score (nSPS) is 21.6. The number of benzene rings is 1. The summed E-state index contributed by atoms with van der Waals surface area (Å²) in [6.07, 6.45) is 3.42. The van der Waals surface area contributed by atoms with Gasteiger partial charge >= 0.3 is 5.97 Å². The van der Waals surface area contributed by atoms with Gasteiger partial charge in [0, 0.05) is 43.9 Å². The van der Waals surface area contributed by atoms with Gasteiger partial charge in [-0.25, -0.2) is 0 Å². The molecule has 8 nitrogen and oxygen atoms in total. The van der Waals surface area contributed by atoms with Gasteiger partial charge in [-0.05, 0) is 43.5 Å². The summed E-state index contributed by atoms with van der Waals surface area (Å²) in [6.45, 7) is 3.97. The van der Waals surface area contributed by atoms with Gasteiger partial charge < -0.3 is 20.2 Å². The molecule has 0 bridgehead atoms. The van der Waals surface area contributed by atoms with Crippen molar-refractivity contribution >= 4 is 29.4 Å². The maximum Gasteiger partial charge on any atom is 0.308 e. The van der Waals surface area contributed by atoms with Crippen molar-refractivity contribution in [3.8, 4) is 0 Å². The van der Waals surface area contributed by atoms with E-state index in [4.69, 9.17) is 0 Å². The predicted molar refractivity (Wildman–Crippen MR) is 111 cm³/mol. The molecule has 0 spiro atoms. The average Bonchev–Trinajstić information content (AvgIpc) is 3.13. The van der Waals surface area contributed by atoms with E-state index >= 15 is 0 Å². The first kappa shape index (κ1) is 21.8. The first-order chi connectivity index (χ1) is 14.4. The molecule has 2 heterocycles. The number of nitrogens with one attached hydrogen (secondary N) is 1. The summed E-state index contributed by atoms with van der Waals surface area (Å²) < 4.78 is 0. The molecule has 2 atom stereocenters. The first-order valence-corrected chi connectivity index (χ1v) is 10.6. The summed E-state index contributed by atoms with van der Waals surface area (Å²) in [6, 6.07) is 6.59. The number of carbonyl (C=O) groups is 4. The Labute approximate surface area is 176 Å². The van der Waals surface area contributed by atoms with Gasteiger partial charge in [0.15, 0.2) is 0 Å². The Morgan fingerprint density at radius 2 is 1.87 bits per heavy atom. The fourth-order valence-corrected chi connectivity index (χ4v) is 4.00. The largest absolute Gasteiger partial charge is 0.481 e. The second-order valence-corrected chi connectivity index (χ2v) is 8.09. The van der Waals surface area contributed by atoms with E-state index in [1.165, 1.54) is 0 Å². The lowest BCUT2D eigenvalue weighted by molar-refractivity contribution is -0.143. The zero-order chi connectivity index (χ0) is 21.7. The number of carboxylic acid groups (broad SMARTS) is 1. The SMILES string of the molecule is CCCCN1CC(C(=O)Nc2ccc(C(=O)N3CCCC(C(=O)O)C3)cc2)CC1=O. The monoisotopic (exact) mass is 415 g/mol. The number of rotatable bonds is 7. The number of hydrogen-bond acceptors (Lipinski definition) is 4. The van der Waals surface area contributed by atoms with E-state index in [-0.39, 0.29) is 36.6 Å². The smallest absolute Gasteiger partial charge is 0.308 e. The molecule has 3 amide bonds. The molecule has 3 rings (SSSR count). The minimum Gasteiger partial charge on any atom is -0.481 e. The summed E-state index contributed by atoms with van der Waals surface area (Å²) in [5.74, 6) is -2.13. The number of nitrogens with zero attached hydrogens (tertiary/aromatic N) is 2. The summed E-state index contributed by atoms with van der Waals surface area (Å²) in [4.78, 5) is 51.8. The quantitative estimate of drug-likeness (QED) is 0.710. The Kier molecular flexibility index (Phi) is 7.07. The molecule has 1 aromatic rings. The van der Waals surface area contributed by atoms with E-state index in [2.05, 4.69) is 12.2 Å². The molecular weight excluding hydrogens is 386 g/mol. The van der Waals surface area contributed by atoms with Crippen LogP contribution in [0.4, 0.5) is 5.69 Å². The molecule has 0 aliphatic carbocycles. The van der Waals surface area contributed by atoms with Crippen LogP contribution in [0.1, 0.15) is 49.4 Å². The maximum atomic E-state index is 12.7. The van der Waals surface area contributed by atoms with E-state index < -0.39 is 11.9 Å². The van der Waals surface area contributed by atoms with Crippen LogP contribution in [-0.4, -0.2) is 64.8 Å². The van der Waals surface area contributed by atoms with Gasteiger partial charge in [0.1, 0.15) is 0 Å². The average molecular weight is 415 g/mol. The van der Waals surface area contributed by atoms with Crippen molar-refractivity contribution in [2.24, 2.45) is 11.8 Å². The fourth-order valence-electron chi connectivity index (χ4n) is 4.00. The number of likely N-dealkylation sites (tertiary alicyclic amines) is 2. The number of unbranched alkanes of at least 4 members (excludes halogenated alkanes) is 1. The van der Waals surface area contributed by atoms with E-state index in [0.29, 0.717) is 43.7 Å².